The van der Waals surface area contributed by atoms with Crippen molar-refractivity contribution in [2.24, 2.45) is 0 Å². The minimum Gasteiger partial charge on any atom is -0.454 e. The molecule has 1 N–H and O–H groups in total. The third-order valence-electron chi connectivity index (χ3n) is 5.24. The summed E-state index contributed by atoms with van der Waals surface area (Å²) in [4.78, 5) is 19.6. The van der Waals surface area contributed by atoms with E-state index < -0.39 is 0 Å². The second kappa shape index (κ2) is 7.22. The van der Waals surface area contributed by atoms with Crippen LogP contribution in [0.3, 0.4) is 0 Å². The molecule has 0 spiro atoms. The van der Waals surface area contributed by atoms with Crippen LogP contribution in [0.1, 0.15) is 15.9 Å². The average molecular weight is 387 g/mol. The Morgan fingerprint density at radius 2 is 1.76 bits per heavy atom. The smallest absolute Gasteiger partial charge is 0.259 e. The number of aromatic nitrogens is 1. The van der Waals surface area contributed by atoms with E-state index in [0.29, 0.717) is 36.0 Å². The van der Waals surface area contributed by atoms with Gasteiger partial charge in [0, 0.05) is 19.3 Å². The number of benzene rings is 2. The summed E-state index contributed by atoms with van der Waals surface area (Å²) < 4.78 is 11.4. The number of nitrogens with zero attached hydrogens (tertiary/aromatic N) is 2. The number of hydrogen-bond acceptors (Lipinski definition) is 5. The SMILES string of the molecule is Cc1ccc2c(c1)NC(=O)c1cc(-c3ccnc(N4CCOCC4)c3)ccc1O2. The van der Waals surface area contributed by atoms with Crippen molar-refractivity contribution in [2.45, 2.75) is 6.92 Å². The van der Waals surface area contributed by atoms with Gasteiger partial charge in [0.05, 0.1) is 24.5 Å². The lowest BCUT2D eigenvalue weighted by Crippen LogP contribution is -2.36. The number of rotatable bonds is 2. The summed E-state index contributed by atoms with van der Waals surface area (Å²) in [6.45, 7) is 5.06. The lowest BCUT2D eigenvalue weighted by molar-refractivity contribution is 0.102. The fourth-order valence-electron chi connectivity index (χ4n) is 3.68. The lowest BCUT2D eigenvalue weighted by Gasteiger charge is -2.28. The number of hydrogen-bond donors (Lipinski definition) is 1. The predicted octanol–water partition coefficient (Wildman–Crippen LogP) is 4.25. The molecule has 6 heteroatoms. The molecule has 3 heterocycles. The van der Waals surface area contributed by atoms with Crippen LogP contribution in [-0.2, 0) is 4.74 Å². The van der Waals surface area contributed by atoms with Gasteiger partial charge in [0.1, 0.15) is 11.6 Å². The predicted molar refractivity (Wildman–Crippen MR) is 112 cm³/mol. The molecule has 0 bridgehead atoms. The molecule has 1 amide bonds. The van der Waals surface area contributed by atoms with Gasteiger partial charge in [0.15, 0.2) is 5.75 Å². The Hall–Kier alpha value is -3.38. The van der Waals surface area contributed by atoms with E-state index in [9.17, 15) is 4.79 Å². The number of nitrogens with one attached hydrogen (secondary N) is 1. The van der Waals surface area contributed by atoms with Crippen molar-refractivity contribution in [1.82, 2.24) is 4.98 Å². The molecule has 1 fully saturated rings. The van der Waals surface area contributed by atoms with Gasteiger partial charge in [0.2, 0.25) is 0 Å². The number of fused-ring (bicyclic) bond motifs is 2. The first-order chi connectivity index (χ1) is 14.2. The Bertz CT molecular complexity index is 1090. The molecule has 1 aromatic heterocycles. The summed E-state index contributed by atoms with van der Waals surface area (Å²) >= 11 is 0. The van der Waals surface area contributed by atoms with Crippen LogP contribution >= 0.6 is 0 Å². The third-order valence-corrected chi connectivity index (χ3v) is 5.24. The number of carbonyl (C=O) groups is 1. The van der Waals surface area contributed by atoms with Crippen molar-refractivity contribution in [1.29, 1.82) is 0 Å². The van der Waals surface area contributed by atoms with Gasteiger partial charge in [-0.1, -0.05) is 12.1 Å². The van der Waals surface area contributed by atoms with Crippen molar-refractivity contribution in [3.05, 3.63) is 65.9 Å². The van der Waals surface area contributed by atoms with E-state index in [-0.39, 0.29) is 5.91 Å². The number of carbonyl (C=O) groups excluding carboxylic acids is 1. The molecular weight excluding hydrogens is 366 g/mol. The van der Waals surface area contributed by atoms with Crippen LogP contribution in [0, 0.1) is 6.92 Å². The molecular formula is C23H21N3O3. The molecule has 5 rings (SSSR count). The maximum absolute atomic E-state index is 12.9. The molecule has 2 aliphatic heterocycles. The fraction of sp³-hybridized carbons (Fsp3) is 0.217. The Labute approximate surface area is 169 Å². The number of anilines is 2. The molecule has 6 nitrogen and oxygen atoms in total. The number of aryl methyl sites for hydroxylation is 1. The van der Waals surface area contributed by atoms with Crippen LogP contribution in [-0.4, -0.2) is 37.2 Å². The van der Waals surface area contributed by atoms with Crippen LogP contribution < -0.4 is 15.0 Å². The largest absolute Gasteiger partial charge is 0.454 e. The van der Waals surface area contributed by atoms with Gasteiger partial charge >= 0.3 is 0 Å². The van der Waals surface area contributed by atoms with Crippen molar-refractivity contribution in [3.63, 3.8) is 0 Å². The first-order valence-corrected chi connectivity index (χ1v) is 9.70. The highest BCUT2D eigenvalue weighted by molar-refractivity contribution is 6.08. The Kier molecular flexibility index (Phi) is 4.41. The highest BCUT2D eigenvalue weighted by atomic mass is 16.5. The summed E-state index contributed by atoms with van der Waals surface area (Å²) in [6.07, 6.45) is 1.81. The number of amides is 1. The molecule has 3 aromatic rings. The van der Waals surface area contributed by atoms with Crippen LogP contribution in [0.4, 0.5) is 11.5 Å². The third kappa shape index (κ3) is 3.43. The minimum atomic E-state index is -0.173. The summed E-state index contributed by atoms with van der Waals surface area (Å²) in [6, 6.07) is 15.5. The quantitative estimate of drug-likeness (QED) is 0.712. The van der Waals surface area contributed by atoms with E-state index in [1.54, 1.807) is 6.20 Å². The summed E-state index contributed by atoms with van der Waals surface area (Å²) in [7, 11) is 0. The Balaban J connectivity index is 1.49. The zero-order chi connectivity index (χ0) is 19.8. The molecule has 1 saturated heterocycles. The second-order valence-corrected chi connectivity index (χ2v) is 7.27. The molecule has 29 heavy (non-hydrogen) atoms. The summed E-state index contributed by atoms with van der Waals surface area (Å²) in [5.74, 6) is 1.95. The normalized spacial score (nSPS) is 15.6. The highest BCUT2D eigenvalue weighted by Gasteiger charge is 2.22. The van der Waals surface area contributed by atoms with Crippen LogP contribution in [0.15, 0.2) is 54.7 Å². The highest BCUT2D eigenvalue weighted by Crippen LogP contribution is 2.38. The monoisotopic (exact) mass is 387 g/mol. The van der Waals surface area contributed by atoms with Crippen molar-refractivity contribution in [3.8, 4) is 22.6 Å². The van der Waals surface area contributed by atoms with E-state index in [4.69, 9.17) is 9.47 Å². The molecule has 2 aliphatic rings. The first kappa shape index (κ1) is 17.7. The molecule has 0 atom stereocenters. The average Bonchev–Trinajstić information content (AvgIpc) is 2.89. The van der Waals surface area contributed by atoms with Crippen molar-refractivity contribution in [2.75, 3.05) is 36.5 Å². The van der Waals surface area contributed by atoms with Gasteiger partial charge in [-0.15, -0.1) is 0 Å². The van der Waals surface area contributed by atoms with E-state index in [1.165, 1.54) is 0 Å². The van der Waals surface area contributed by atoms with E-state index >= 15 is 0 Å². The van der Waals surface area contributed by atoms with Gasteiger partial charge < -0.3 is 19.7 Å². The molecule has 0 unspecified atom stereocenters. The van der Waals surface area contributed by atoms with Gasteiger partial charge in [-0.25, -0.2) is 4.98 Å². The van der Waals surface area contributed by atoms with E-state index in [1.807, 2.05) is 49.4 Å². The zero-order valence-corrected chi connectivity index (χ0v) is 16.1. The molecule has 0 radical (unpaired) electrons. The Morgan fingerprint density at radius 1 is 0.966 bits per heavy atom. The second-order valence-electron chi connectivity index (χ2n) is 7.27. The summed E-state index contributed by atoms with van der Waals surface area (Å²) in [5.41, 5.74) is 4.22. The first-order valence-electron chi connectivity index (χ1n) is 9.70. The fourth-order valence-corrected chi connectivity index (χ4v) is 3.68. The maximum atomic E-state index is 12.9. The van der Waals surface area contributed by atoms with Crippen LogP contribution in [0.2, 0.25) is 0 Å². The standard InChI is InChI=1S/C23H21N3O3/c1-15-2-4-21-19(12-15)25-23(27)18-13-16(3-5-20(18)29-21)17-6-7-24-22(14-17)26-8-10-28-11-9-26/h2-7,12-14H,8-11H2,1H3,(H,25,27). The van der Waals surface area contributed by atoms with E-state index in [0.717, 1.165) is 35.6 Å². The van der Waals surface area contributed by atoms with Gasteiger partial charge in [-0.2, -0.15) is 0 Å². The van der Waals surface area contributed by atoms with Crippen LogP contribution in [0.5, 0.6) is 11.5 Å². The van der Waals surface area contributed by atoms with Gasteiger partial charge in [-0.3, -0.25) is 4.79 Å². The van der Waals surface area contributed by atoms with Gasteiger partial charge in [-0.05, 0) is 60.0 Å². The topological polar surface area (TPSA) is 63.7 Å². The molecule has 146 valence electrons. The Morgan fingerprint density at radius 3 is 2.62 bits per heavy atom. The molecule has 2 aromatic carbocycles. The number of ether oxygens (including phenoxy) is 2. The maximum Gasteiger partial charge on any atom is 0.259 e. The molecule has 0 aliphatic carbocycles. The van der Waals surface area contributed by atoms with Crippen LogP contribution in [0.25, 0.3) is 11.1 Å². The summed E-state index contributed by atoms with van der Waals surface area (Å²) in [5, 5.41) is 2.96. The zero-order valence-electron chi connectivity index (χ0n) is 16.1. The van der Waals surface area contributed by atoms with E-state index in [2.05, 4.69) is 21.3 Å². The number of pyridine rings is 1. The molecule has 0 saturated carbocycles. The van der Waals surface area contributed by atoms with Gasteiger partial charge in [0.25, 0.3) is 5.91 Å². The lowest BCUT2D eigenvalue weighted by atomic mass is 10.0. The minimum absolute atomic E-state index is 0.173. The van der Waals surface area contributed by atoms with Crippen molar-refractivity contribution < 1.29 is 14.3 Å². The number of morpholine rings is 1. The van der Waals surface area contributed by atoms with Crippen molar-refractivity contribution >= 4 is 17.4 Å².